The second kappa shape index (κ2) is 7.98. The molecule has 0 bridgehead atoms. The summed E-state index contributed by atoms with van der Waals surface area (Å²) in [4.78, 5) is 25.9. The Morgan fingerprint density at radius 1 is 0.964 bits per heavy atom. The van der Waals surface area contributed by atoms with Crippen LogP contribution in [-0.4, -0.2) is 18.3 Å². The lowest BCUT2D eigenvalue weighted by Crippen LogP contribution is -2.42. The minimum atomic E-state index is -0.872. The van der Waals surface area contributed by atoms with Crippen LogP contribution in [0.25, 0.3) is 0 Å². The molecule has 28 heavy (non-hydrogen) atoms. The number of amides is 1. The third kappa shape index (κ3) is 3.71. The number of fused-ring (bicyclic) bond motifs is 1. The number of hydrogen-bond donors (Lipinski definition) is 1. The van der Waals surface area contributed by atoms with Crippen LogP contribution in [0.4, 0.5) is 0 Å². The van der Waals surface area contributed by atoms with Gasteiger partial charge in [0.05, 0.1) is 11.6 Å². The van der Waals surface area contributed by atoms with Gasteiger partial charge in [-0.25, -0.2) is 0 Å². The molecule has 3 aromatic carbocycles. The van der Waals surface area contributed by atoms with Crippen LogP contribution in [0.5, 0.6) is 5.75 Å². The average Bonchev–Trinajstić information content (AvgIpc) is 2.73. The molecule has 1 aliphatic heterocycles. The quantitative estimate of drug-likeness (QED) is 0.611. The van der Waals surface area contributed by atoms with Crippen molar-refractivity contribution >= 4 is 27.6 Å². The Bertz CT molecular complexity index is 965. The first-order valence-corrected chi connectivity index (χ1v) is 9.79. The largest absolute Gasteiger partial charge is 0.491 e. The van der Waals surface area contributed by atoms with Gasteiger partial charge in [0.2, 0.25) is 5.91 Å². The number of Topliss-reactive ketones (excluding diaryl/α,β-unsaturated/α-hetero) is 1. The second-order valence-electron chi connectivity index (χ2n) is 6.63. The molecule has 140 valence electrons. The highest BCUT2D eigenvalue weighted by molar-refractivity contribution is 9.10. The Labute approximate surface area is 171 Å². The molecule has 1 unspecified atom stereocenters. The number of ether oxygens (including phenoxy) is 1. The molecule has 0 radical (unpaired) electrons. The first-order valence-electron chi connectivity index (χ1n) is 9.00. The fourth-order valence-corrected chi connectivity index (χ4v) is 3.68. The van der Waals surface area contributed by atoms with Crippen molar-refractivity contribution in [1.29, 1.82) is 0 Å². The van der Waals surface area contributed by atoms with Crippen molar-refractivity contribution in [2.24, 2.45) is 5.92 Å². The Morgan fingerprint density at radius 2 is 1.57 bits per heavy atom. The minimum absolute atomic E-state index is 0.0322. The van der Waals surface area contributed by atoms with Gasteiger partial charge in [-0.2, -0.15) is 0 Å². The summed E-state index contributed by atoms with van der Waals surface area (Å²) in [6, 6.07) is 24.3. The highest BCUT2D eigenvalue weighted by Gasteiger charge is 2.35. The maximum Gasteiger partial charge on any atom is 0.235 e. The van der Waals surface area contributed by atoms with Gasteiger partial charge >= 0.3 is 0 Å². The standard InChI is InChI=1S/C23H18BrNO3/c24-17-11-12-18-20(13-17)28-14-19(22(18)26)23(27)25-21(15-7-3-1-4-8-15)16-9-5-2-6-10-16/h1-13,19,21H,14H2,(H,25,27). The van der Waals surface area contributed by atoms with Crippen LogP contribution in [0.2, 0.25) is 0 Å². The molecule has 0 spiro atoms. The van der Waals surface area contributed by atoms with Crippen molar-refractivity contribution in [2.45, 2.75) is 6.04 Å². The van der Waals surface area contributed by atoms with Crippen LogP contribution in [0.15, 0.2) is 83.3 Å². The zero-order chi connectivity index (χ0) is 19.5. The number of carbonyl (C=O) groups is 2. The van der Waals surface area contributed by atoms with Crippen LogP contribution in [0.3, 0.4) is 0 Å². The van der Waals surface area contributed by atoms with Crippen molar-refractivity contribution in [2.75, 3.05) is 6.61 Å². The lowest BCUT2D eigenvalue weighted by Gasteiger charge is -2.26. The number of rotatable bonds is 4. The van der Waals surface area contributed by atoms with Gasteiger partial charge in [0.15, 0.2) is 5.78 Å². The maximum absolute atomic E-state index is 13.0. The van der Waals surface area contributed by atoms with E-state index in [1.54, 1.807) is 18.2 Å². The highest BCUT2D eigenvalue weighted by Crippen LogP contribution is 2.31. The molecule has 1 N–H and O–H groups in total. The van der Waals surface area contributed by atoms with Gasteiger partial charge in [0, 0.05) is 4.47 Å². The summed E-state index contributed by atoms with van der Waals surface area (Å²) < 4.78 is 6.52. The van der Waals surface area contributed by atoms with E-state index in [1.807, 2.05) is 60.7 Å². The van der Waals surface area contributed by atoms with E-state index in [0.29, 0.717) is 11.3 Å². The maximum atomic E-state index is 13.0. The van der Waals surface area contributed by atoms with Gasteiger partial charge in [-0.15, -0.1) is 0 Å². The summed E-state index contributed by atoms with van der Waals surface area (Å²) in [5.74, 6) is -0.919. The monoisotopic (exact) mass is 435 g/mol. The summed E-state index contributed by atoms with van der Waals surface area (Å²) in [7, 11) is 0. The van der Waals surface area contributed by atoms with Gasteiger partial charge in [0.1, 0.15) is 18.3 Å². The molecule has 4 nitrogen and oxygen atoms in total. The summed E-state index contributed by atoms with van der Waals surface area (Å²) in [6.07, 6.45) is 0. The van der Waals surface area contributed by atoms with E-state index in [4.69, 9.17) is 4.74 Å². The van der Waals surface area contributed by atoms with E-state index in [2.05, 4.69) is 21.2 Å². The number of hydrogen-bond acceptors (Lipinski definition) is 3. The molecule has 0 aromatic heterocycles. The zero-order valence-electron chi connectivity index (χ0n) is 15.0. The number of benzene rings is 3. The number of halogens is 1. The molecule has 4 rings (SSSR count). The number of nitrogens with one attached hydrogen (secondary N) is 1. The lowest BCUT2D eigenvalue weighted by molar-refractivity contribution is -0.125. The third-order valence-electron chi connectivity index (χ3n) is 4.80. The summed E-state index contributed by atoms with van der Waals surface area (Å²) in [5.41, 5.74) is 2.34. The molecule has 3 aromatic rings. The average molecular weight is 436 g/mol. The highest BCUT2D eigenvalue weighted by atomic mass is 79.9. The van der Waals surface area contributed by atoms with E-state index in [0.717, 1.165) is 15.6 Å². The van der Waals surface area contributed by atoms with E-state index in [-0.39, 0.29) is 24.3 Å². The second-order valence-corrected chi connectivity index (χ2v) is 7.55. The zero-order valence-corrected chi connectivity index (χ0v) is 16.6. The fourth-order valence-electron chi connectivity index (χ4n) is 3.34. The van der Waals surface area contributed by atoms with Crippen LogP contribution >= 0.6 is 15.9 Å². The Kier molecular flexibility index (Phi) is 5.26. The predicted octanol–water partition coefficient (Wildman–Crippen LogP) is 4.55. The molecular weight excluding hydrogens is 418 g/mol. The van der Waals surface area contributed by atoms with Crippen LogP contribution < -0.4 is 10.1 Å². The van der Waals surface area contributed by atoms with Gasteiger partial charge < -0.3 is 10.1 Å². The molecule has 0 saturated carbocycles. The summed E-state index contributed by atoms with van der Waals surface area (Å²) >= 11 is 3.37. The number of ketones is 1. The van der Waals surface area contributed by atoms with E-state index in [1.165, 1.54) is 0 Å². The fraction of sp³-hybridized carbons (Fsp3) is 0.130. The van der Waals surface area contributed by atoms with Gasteiger partial charge in [-0.05, 0) is 29.3 Å². The van der Waals surface area contributed by atoms with E-state index in [9.17, 15) is 9.59 Å². The third-order valence-corrected chi connectivity index (χ3v) is 5.29. The Morgan fingerprint density at radius 3 is 2.18 bits per heavy atom. The molecule has 1 atom stereocenters. The summed E-state index contributed by atoms with van der Waals surface area (Å²) in [6.45, 7) is 0.0322. The normalized spacial score (nSPS) is 15.6. The number of carbonyl (C=O) groups excluding carboxylic acids is 2. The summed E-state index contributed by atoms with van der Waals surface area (Å²) in [5, 5.41) is 3.04. The van der Waals surface area contributed by atoms with Crippen molar-refractivity contribution in [3.63, 3.8) is 0 Å². The molecule has 0 aliphatic carbocycles. The van der Waals surface area contributed by atoms with Crippen LogP contribution in [0, 0.1) is 5.92 Å². The topological polar surface area (TPSA) is 55.4 Å². The van der Waals surface area contributed by atoms with Crippen LogP contribution in [0.1, 0.15) is 27.5 Å². The van der Waals surface area contributed by atoms with Gasteiger partial charge in [0.25, 0.3) is 0 Å². The molecule has 0 saturated heterocycles. The van der Waals surface area contributed by atoms with Gasteiger partial charge in [-0.1, -0.05) is 76.6 Å². The molecule has 1 amide bonds. The minimum Gasteiger partial charge on any atom is -0.491 e. The lowest BCUT2D eigenvalue weighted by atomic mass is 9.92. The molecular formula is C23H18BrNO3. The molecule has 5 heteroatoms. The van der Waals surface area contributed by atoms with Crippen molar-refractivity contribution in [3.8, 4) is 5.75 Å². The van der Waals surface area contributed by atoms with Crippen LogP contribution in [-0.2, 0) is 4.79 Å². The SMILES string of the molecule is O=C(NC(c1ccccc1)c1ccccc1)C1COc2cc(Br)ccc2C1=O. The first-order chi connectivity index (χ1) is 13.6. The molecule has 0 fully saturated rings. The smallest absolute Gasteiger partial charge is 0.235 e. The van der Waals surface area contributed by atoms with Crippen molar-refractivity contribution in [1.82, 2.24) is 5.32 Å². The predicted molar refractivity (Wildman–Crippen MR) is 110 cm³/mol. The Balaban J connectivity index is 1.60. The van der Waals surface area contributed by atoms with Gasteiger partial charge in [-0.3, -0.25) is 9.59 Å². The first kappa shape index (κ1) is 18.4. The van der Waals surface area contributed by atoms with E-state index >= 15 is 0 Å². The van der Waals surface area contributed by atoms with Crippen molar-refractivity contribution in [3.05, 3.63) is 100 Å². The molecule has 1 aliphatic rings. The molecule has 1 heterocycles. The van der Waals surface area contributed by atoms with E-state index < -0.39 is 5.92 Å². The van der Waals surface area contributed by atoms with Crippen molar-refractivity contribution < 1.29 is 14.3 Å². The Hall–Kier alpha value is -2.92.